The van der Waals surface area contributed by atoms with Crippen LogP contribution in [-0.2, 0) is 11.4 Å². The molecular formula is C24H17Cl2NO4S. The predicted octanol–water partition coefficient (Wildman–Crippen LogP) is 6.82. The molecule has 0 atom stereocenters. The van der Waals surface area contributed by atoms with Gasteiger partial charge in [-0.05, 0) is 59.8 Å². The minimum absolute atomic E-state index is 0.286. The molecule has 1 heterocycles. The number of rotatable bonds is 6. The molecule has 32 heavy (non-hydrogen) atoms. The van der Waals surface area contributed by atoms with Crippen LogP contribution in [0.1, 0.15) is 11.1 Å². The molecule has 162 valence electrons. The Morgan fingerprint density at radius 1 is 0.969 bits per heavy atom. The maximum Gasteiger partial charge on any atom is 0.298 e. The van der Waals surface area contributed by atoms with Crippen LogP contribution in [0.2, 0.25) is 10.0 Å². The van der Waals surface area contributed by atoms with E-state index in [9.17, 15) is 9.59 Å². The number of anilines is 1. The Bertz CT molecular complexity index is 1230. The molecule has 4 rings (SSSR count). The van der Waals surface area contributed by atoms with Crippen molar-refractivity contribution in [2.75, 3.05) is 12.0 Å². The van der Waals surface area contributed by atoms with E-state index < -0.39 is 5.91 Å². The summed E-state index contributed by atoms with van der Waals surface area (Å²) in [6, 6.07) is 19.3. The van der Waals surface area contributed by atoms with Gasteiger partial charge in [0.1, 0.15) is 6.61 Å². The van der Waals surface area contributed by atoms with Gasteiger partial charge in [0, 0.05) is 15.6 Å². The van der Waals surface area contributed by atoms with Gasteiger partial charge in [0.05, 0.1) is 17.7 Å². The van der Waals surface area contributed by atoms with Gasteiger partial charge in [-0.2, -0.15) is 0 Å². The fraction of sp³-hybridized carbons (Fsp3) is 0.0833. The van der Waals surface area contributed by atoms with Crippen molar-refractivity contribution < 1.29 is 19.1 Å². The van der Waals surface area contributed by atoms with Gasteiger partial charge in [0.25, 0.3) is 11.1 Å². The van der Waals surface area contributed by atoms with E-state index in [2.05, 4.69) is 0 Å². The van der Waals surface area contributed by atoms with Crippen molar-refractivity contribution in [2.24, 2.45) is 0 Å². The first-order valence-corrected chi connectivity index (χ1v) is 11.1. The monoisotopic (exact) mass is 485 g/mol. The Morgan fingerprint density at radius 2 is 1.78 bits per heavy atom. The Hall–Kier alpha value is -2.93. The minimum atomic E-state index is -0.403. The molecule has 0 saturated carbocycles. The smallest absolute Gasteiger partial charge is 0.298 e. The van der Waals surface area contributed by atoms with E-state index in [4.69, 9.17) is 32.7 Å². The Kier molecular flexibility index (Phi) is 6.74. The molecule has 8 heteroatoms. The summed E-state index contributed by atoms with van der Waals surface area (Å²) in [7, 11) is 1.54. The number of nitrogens with zero attached hydrogens (tertiary/aromatic N) is 1. The van der Waals surface area contributed by atoms with Crippen molar-refractivity contribution >= 4 is 57.9 Å². The van der Waals surface area contributed by atoms with Crippen molar-refractivity contribution in [1.82, 2.24) is 0 Å². The highest BCUT2D eigenvalue weighted by Crippen LogP contribution is 2.37. The van der Waals surface area contributed by atoms with Gasteiger partial charge in [-0.15, -0.1) is 0 Å². The van der Waals surface area contributed by atoms with Crippen LogP contribution in [0.5, 0.6) is 11.5 Å². The quantitative estimate of drug-likeness (QED) is 0.358. The molecule has 0 bridgehead atoms. The zero-order valence-electron chi connectivity index (χ0n) is 16.9. The van der Waals surface area contributed by atoms with Gasteiger partial charge < -0.3 is 9.47 Å². The number of carbonyl (C=O) groups excluding carboxylic acids is 2. The lowest BCUT2D eigenvalue weighted by atomic mass is 10.1. The van der Waals surface area contributed by atoms with Crippen LogP contribution in [0.3, 0.4) is 0 Å². The van der Waals surface area contributed by atoms with E-state index in [1.165, 1.54) is 7.11 Å². The van der Waals surface area contributed by atoms with Crippen LogP contribution >= 0.6 is 35.0 Å². The standard InChI is InChI=1S/C24H17Cl2NO4S/c1-30-21-11-15(9-10-20(21)31-14-16-5-2-3-8-19(16)26)12-22-23(28)27(24(29)32-22)18-7-4-6-17(25)13-18/h2-13H,14H2,1H3/b22-12-. The molecule has 5 nitrogen and oxygen atoms in total. The van der Waals surface area contributed by atoms with Crippen molar-refractivity contribution in [2.45, 2.75) is 6.61 Å². The molecule has 0 unspecified atom stereocenters. The molecule has 1 aliphatic heterocycles. The van der Waals surface area contributed by atoms with Crippen molar-refractivity contribution in [3.05, 3.63) is 92.8 Å². The van der Waals surface area contributed by atoms with Crippen molar-refractivity contribution in [3.8, 4) is 11.5 Å². The van der Waals surface area contributed by atoms with Crippen LogP contribution < -0.4 is 14.4 Å². The van der Waals surface area contributed by atoms with E-state index in [1.807, 2.05) is 18.2 Å². The SMILES string of the molecule is COc1cc(/C=C2\SC(=O)N(c3cccc(Cl)c3)C2=O)ccc1OCc1ccccc1Cl. The van der Waals surface area contributed by atoms with Gasteiger partial charge in [0.2, 0.25) is 0 Å². The normalized spacial score (nSPS) is 14.8. The van der Waals surface area contributed by atoms with E-state index >= 15 is 0 Å². The predicted molar refractivity (Wildman–Crippen MR) is 129 cm³/mol. The van der Waals surface area contributed by atoms with Gasteiger partial charge in [-0.25, -0.2) is 4.90 Å². The number of imide groups is 1. The molecule has 0 radical (unpaired) electrons. The molecular weight excluding hydrogens is 469 g/mol. The number of methoxy groups -OCH3 is 1. The second-order valence-corrected chi connectivity index (χ2v) is 8.62. The summed E-state index contributed by atoms with van der Waals surface area (Å²) in [5, 5.41) is 0.691. The van der Waals surface area contributed by atoms with Crippen LogP contribution in [-0.4, -0.2) is 18.3 Å². The number of carbonyl (C=O) groups is 2. The number of hydrogen-bond donors (Lipinski definition) is 0. The van der Waals surface area contributed by atoms with Crippen molar-refractivity contribution in [3.63, 3.8) is 0 Å². The zero-order chi connectivity index (χ0) is 22.7. The van der Waals surface area contributed by atoms with E-state index in [0.29, 0.717) is 37.7 Å². The summed E-state index contributed by atoms with van der Waals surface area (Å²) in [6.07, 6.45) is 1.65. The Labute approximate surface area is 199 Å². The third-order valence-electron chi connectivity index (χ3n) is 4.69. The molecule has 1 aliphatic rings. The topological polar surface area (TPSA) is 55.8 Å². The Morgan fingerprint density at radius 3 is 2.53 bits per heavy atom. The molecule has 0 spiro atoms. The van der Waals surface area contributed by atoms with Gasteiger partial charge >= 0.3 is 0 Å². The summed E-state index contributed by atoms with van der Waals surface area (Å²) < 4.78 is 11.3. The maximum absolute atomic E-state index is 12.8. The van der Waals surface area contributed by atoms with Crippen molar-refractivity contribution in [1.29, 1.82) is 0 Å². The summed E-state index contributed by atoms with van der Waals surface area (Å²) in [5.74, 6) is 0.636. The molecule has 0 aromatic heterocycles. The highest BCUT2D eigenvalue weighted by Gasteiger charge is 2.36. The van der Waals surface area contributed by atoms with E-state index in [0.717, 1.165) is 22.2 Å². The molecule has 0 aliphatic carbocycles. The number of thioether (sulfide) groups is 1. The number of ether oxygens (including phenoxy) is 2. The first-order valence-electron chi connectivity index (χ1n) is 9.54. The van der Waals surface area contributed by atoms with Crippen LogP contribution in [0.25, 0.3) is 6.08 Å². The van der Waals surface area contributed by atoms with Gasteiger partial charge in [-0.1, -0.05) is 53.5 Å². The van der Waals surface area contributed by atoms with Gasteiger partial charge in [-0.3, -0.25) is 9.59 Å². The van der Waals surface area contributed by atoms with Crippen LogP contribution in [0.4, 0.5) is 10.5 Å². The molecule has 0 N–H and O–H groups in total. The summed E-state index contributed by atoms with van der Waals surface area (Å²) >= 11 is 13.1. The summed E-state index contributed by atoms with van der Waals surface area (Å²) in [4.78, 5) is 26.7. The summed E-state index contributed by atoms with van der Waals surface area (Å²) in [5.41, 5.74) is 1.99. The molecule has 1 saturated heterocycles. The zero-order valence-corrected chi connectivity index (χ0v) is 19.2. The molecule has 2 amide bonds. The number of amides is 2. The number of halogens is 2. The fourth-order valence-electron chi connectivity index (χ4n) is 3.12. The van der Waals surface area contributed by atoms with E-state index in [1.54, 1.807) is 54.6 Å². The average molecular weight is 486 g/mol. The summed E-state index contributed by atoms with van der Waals surface area (Å²) in [6.45, 7) is 0.286. The first kappa shape index (κ1) is 22.3. The molecule has 1 fully saturated rings. The maximum atomic E-state index is 12.8. The third kappa shape index (κ3) is 4.78. The van der Waals surface area contributed by atoms with Crippen LogP contribution in [0, 0.1) is 0 Å². The fourth-order valence-corrected chi connectivity index (χ4v) is 4.34. The lowest BCUT2D eigenvalue weighted by molar-refractivity contribution is -0.113. The van der Waals surface area contributed by atoms with E-state index in [-0.39, 0.29) is 11.8 Å². The lowest BCUT2D eigenvalue weighted by Crippen LogP contribution is -2.27. The second kappa shape index (κ2) is 9.69. The molecule has 3 aromatic rings. The Balaban J connectivity index is 1.54. The third-order valence-corrected chi connectivity index (χ3v) is 6.16. The van der Waals surface area contributed by atoms with Gasteiger partial charge in [0.15, 0.2) is 11.5 Å². The highest BCUT2D eigenvalue weighted by molar-refractivity contribution is 8.19. The lowest BCUT2D eigenvalue weighted by Gasteiger charge is -2.13. The first-order chi connectivity index (χ1) is 15.5. The second-order valence-electron chi connectivity index (χ2n) is 6.79. The number of hydrogen-bond acceptors (Lipinski definition) is 5. The number of benzene rings is 3. The average Bonchev–Trinajstić information content (AvgIpc) is 3.06. The molecule has 3 aromatic carbocycles. The van der Waals surface area contributed by atoms with Crippen LogP contribution in [0.15, 0.2) is 71.6 Å². The highest BCUT2D eigenvalue weighted by atomic mass is 35.5. The minimum Gasteiger partial charge on any atom is -0.493 e. The largest absolute Gasteiger partial charge is 0.493 e.